The standard InChI is InChI=1S/C23H20FN3OS2.CH4O3S/c1-3-21-26-22(16-9-11-18(24)12-10-16)23(29-21)17-13-14-25-20(15-17)27-30(2,28)19-7-5-4-6-8-19;1-5(2,3)4/h4-15H,3H2,1-2H3;1H3,(H,2,3,4). The van der Waals surface area contributed by atoms with Crippen LogP contribution >= 0.6 is 11.3 Å². The fourth-order valence-electron chi connectivity index (χ4n) is 3.03. The van der Waals surface area contributed by atoms with Crippen LogP contribution in [0.4, 0.5) is 10.2 Å². The van der Waals surface area contributed by atoms with E-state index in [1.807, 2.05) is 30.3 Å². The van der Waals surface area contributed by atoms with Gasteiger partial charge in [0.15, 0.2) is 5.82 Å². The van der Waals surface area contributed by atoms with Crippen LogP contribution in [0, 0.1) is 5.82 Å². The highest BCUT2D eigenvalue weighted by atomic mass is 32.2. The second-order valence-corrected chi connectivity index (χ2v) is 12.3. The van der Waals surface area contributed by atoms with Crippen molar-refractivity contribution in [2.75, 3.05) is 12.5 Å². The summed E-state index contributed by atoms with van der Waals surface area (Å²) in [5.74, 6) is 0.121. The molecule has 184 valence electrons. The van der Waals surface area contributed by atoms with Crippen molar-refractivity contribution in [2.45, 2.75) is 18.2 Å². The number of aromatic nitrogens is 2. The Bertz CT molecular complexity index is 1520. The first-order chi connectivity index (χ1) is 16.5. The lowest BCUT2D eigenvalue weighted by Gasteiger charge is -2.06. The van der Waals surface area contributed by atoms with Crippen LogP contribution in [-0.2, 0) is 26.3 Å². The number of pyridine rings is 1. The molecule has 35 heavy (non-hydrogen) atoms. The van der Waals surface area contributed by atoms with E-state index in [0.29, 0.717) is 17.0 Å². The van der Waals surface area contributed by atoms with Gasteiger partial charge in [0, 0.05) is 22.9 Å². The largest absolute Gasteiger partial charge is 0.286 e. The summed E-state index contributed by atoms with van der Waals surface area (Å²) < 4.78 is 56.8. The molecule has 0 spiro atoms. The van der Waals surface area contributed by atoms with E-state index in [1.54, 1.807) is 48.1 Å². The van der Waals surface area contributed by atoms with Crippen LogP contribution in [0.15, 0.2) is 82.2 Å². The summed E-state index contributed by atoms with van der Waals surface area (Å²) in [6, 6.07) is 19.2. The first kappa shape index (κ1) is 26.6. The Kier molecular flexibility index (Phi) is 8.49. The number of benzene rings is 2. The zero-order valence-electron chi connectivity index (χ0n) is 19.3. The van der Waals surface area contributed by atoms with Gasteiger partial charge in [0.25, 0.3) is 10.1 Å². The molecule has 1 N–H and O–H groups in total. The number of nitrogens with zero attached hydrogens (tertiary/aromatic N) is 3. The summed E-state index contributed by atoms with van der Waals surface area (Å²) in [6.07, 6.45) is 4.79. The molecule has 1 unspecified atom stereocenters. The number of aryl methyl sites for hydroxylation is 1. The van der Waals surface area contributed by atoms with Crippen LogP contribution in [0.25, 0.3) is 21.7 Å². The Morgan fingerprint density at radius 2 is 1.60 bits per heavy atom. The monoisotopic (exact) mass is 533 g/mol. The van der Waals surface area contributed by atoms with E-state index in [9.17, 15) is 17.0 Å². The van der Waals surface area contributed by atoms with Crippen molar-refractivity contribution >= 4 is 37.0 Å². The Morgan fingerprint density at radius 1 is 0.971 bits per heavy atom. The van der Waals surface area contributed by atoms with Crippen molar-refractivity contribution < 1.29 is 21.6 Å². The van der Waals surface area contributed by atoms with Gasteiger partial charge in [0.05, 0.1) is 31.6 Å². The van der Waals surface area contributed by atoms with Crippen molar-refractivity contribution in [3.8, 4) is 21.7 Å². The molecule has 2 aromatic carbocycles. The molecule has 0 amide bonds. The normalized spacial score (nSPS) is 12.8. The lowest BCUT2D eigenvalue weighted by atomic mass is 10.1. The van der Waals surface area contributed by atoms with Gasteiger partial charge in [0.2, 0.25) is 0 Å². The van der Waals surface area contributed by atoms with Gasteiger partial charge >= 0.3 is 0 Å². The highest BCUT2D eigenvalue weighted by Crippen LogP contribution is 2.38. The van der Waals surface area contributed by atoms with E-state index in [2.05, 4.69) is 16.3 Å². The predicted octanol–water partition coefficient (Wildman–Crippen LogP) is 5.87. The maximum atomic E-state index is 13.4. The molecule has 2 aromatic heterocycles. The number of hydrogen-bond acceptors (Lipinski definition) is 7. The van der Waals surface area contributed by atoms with Gasteiger partial charge in [-0.15, -0.1) is 11.3 Å². The number of thiazole rings is 1. The van der Waals surface area contributed by atoms with Gasteiger partial charge in [-0.3, -0.25) is 4.55 Å². The van der Waals surface area contributed by atoms with E-state index in [4.69, 9.17) is 9.54 Å². The first-order valence-electron chi connectivity index (χ1n) is 10.4. The van der Waals surface area contributed by atoms with E-state index in [1.165, 1.54) is 12.1 Å². The van der Waals surface area contributed by atoms with Crippen molar-refractivity contribution in [3.05, 3.63) is 83.8 Å². The number of hydrogen-bond donors (Lipinski definition) is 1. The number of rotatable bonds is 5. The molecule has 0 bridgehead atoms. The van der Waals surface area contributed by atoms with Gasteiger partial charge in [-0.1, -0.05) is 25.1 Å². The molecular weight excluding hydrogens is 509 g/mol. The molecule has 0 aliphatic carbocycles. The van der Waals surface area contributed by atoms with E-state index in [0.717, 1.165) is 33.1 Å². The third kappa shape index (κ3) is 7.76. The van der Waals surface area contributed by atoms with Gasteiger partial charge < -0.3 is 0 Å². The van der Waals surface area contributed by atoms with Crippen LogP contribution in [0.2, 0.25) is 0 Å². The minimum Gasteiger partial charge on any atom is -0.286 e. The van der Waals surface area contributed by atoms with Crippen LogP contribution in [-0.4, -0.2) is 39.7 Å². The number of halogens is 1. The van der Waals surface area contributed by atoms with Crippen LogP contribution in [0.3, 0.4) is 0 Å². The highest BCUT2D eigenvalue weighted by molar-refractivity contribution is 7.93. The molecular formula is C24H24FN3O4S3. The molecule has 1 atom stereocenters. The fraction of sp³-hybridized carbons (Fsp3) is 0.167. The maximum absolute atomic E-state index is 13.4. The van der Waals surface area contributed by atoms with Crippen molar-refractivity contribution in [2.24, 2.45) is 4.36 Å². The van der Waals surface area contributed by atoms with Gasteiger partial charge in [0.1, 0.15) is 5.82 Å². The minimum atomic E-state index is -3.67. The lowest BCUT2D eigenvalue weighted by Crippen LogP contribution is -1.96. The van der Waals surface area contributed by atoms with E-state index < -0.39 is 19.8 Å². The molecule has 0 aliphatic rings. The topological polar surface area (TPSA) is 110 Å². The minimum absolute atomic E-state index is 0.283. The van der Waals surface area contributed by atoms with E-state index in [-0.39, 0.29) is 5.82 Å². The summed E-state index contributed by atoms with van der Waals surface area (Å²) in [6.45, 7) is 2.05. The molecule has 0 fully saturated rings. The average Bonchev–Trinajstić information content (AvgIpc) is 3.24. The Labute approximate surface area is 208 Å². The average molecular weight is 534 g/mol. The second-order valence-electron chi connectivity index (χ2n) is 7.49. The quantitative estimate of drug-likeness (QED) is 0.322. The molecule has 0 saturated carbocycles. The van der Waals surface area contributed by atoms with Crippen LogP contribution in [0.5, 0.6) is 0 Å². The lowest BCUT2D eigenvalue weighted by molar-refractivity contribution is 0.490. The molecule has 11 heteroatoms. The summed E-state index contributed by atoms with van der Waals surface area (Å²) in [7, 11) is -6.29. The molecule has 4 aromatic rings. The van der Waals surface area contributed by atoms with E-state index >= 15 is 0 Å². The third-order valence-corrected chi connectivity index (χ3v) is 7.48. The Hall–Kier alpha value is -2.99. The van der Waals surface area contributed by atoms with Gasteiger partial charge in [-0.25, -0.2) is 18.6 Å². The van der Waals surface area contributed by atoms with Gasteiger partial charge in [-0.05, 0) is 60.5 Å². The first-order valence-corrected chi connectivity index (χ1v) is 15.0. The van der Waals surface area contributed by atoms with Crippen LogP contribution in [0.1, 0.15) is 11.9 Å². The molecule has 7 nitrogen and oxygen atoms in total. The van der Waals surface area contributed by atoms with Gasteiger partial charge in [-0.2, -0.15) is 12.8 Å². The van der Waals surface area contributed by atoms with Crippen molar-refractivity contribution in [1.29, 1.82) is 0 Å². The zero-order chi connectivity index (χ0) is 25.6. The highest BCUT2D eigenvalue weighted by Gasteiger charge is 2.16. The van der Waals surface area contributed by atoms with Crippen molar-refractivity contribution in [1.82, 2.24) is 9.97 Å². The van der Waals surface area contributed by atoms with Crippen LogP contribution < -0.4 is 0 Å². The zero-order valence-corrected chi connectivity index (χ0v) is 21.7. The molecule has 2 heterocycles. The SMILES string of the molecule is CCc1nc(-c2ccc(F)cc2)c(-c2ccnc(N=S(C)(=O)c3ccccc3)c2)s1.CS(=O)(=O)O. The Balaban J connectivity index is 0.000000623. The fourth-order valence-corrected chi connectivity index (χ4v) is 5.27. The molecule has 0 aliphatic heterocycles. The predicted molar refractivity (Wildman–Crippen MR) is 138 cm³/mol. The maximum Gasteiger partial charge on any atom is 0.261 e. The molecule has 4 rings (SSSR count). The smallest absolute Gasteiger partial charge is 0.261 e. The van der Waals surface area contributed by atoms with Crippen molar-refractivity contribution in [3.63, 3.8) is 0 Å². The summed E-state index contributed by atoms with van der Waals surface area (Å²) >= 11 is 1.59. The molecule has 0 radical (unpaired) electrons. The third-order valence-electron chi connectivity index (χ3n) is 4.55. The second kappa shape index (κ2) is 11.2. The summed E-state index contributed by atoms with van der Waals surface area (Å²) in [5.41, 5.74) is 2.54. The Morgan fingerprint density at radius 3 is 2.20 bits per heavy atom. The summed E-state index contributed by atoms with van der Waals surface area (Å²) in [4.78, 5) is 10.7. The molecule has 0 saturated heterocycles. The summed E-state index contributed by atoms with van der Waals surface area (Å²) in [5, 5.41) is 0.989.